The van der Waals surface area contributed by atoms with E-state index >= 15 is 0 Å². The largest absolute Gasteiger partial charge is 0.380 e. The number of pyridine rings is 1. The summed E-state index contributed by atoms with van der Waals surface area (Å²) in [7, 11) is 0. The van der Waals surface area contributed by atoms with Crippen LogP contribution in [0.3, 0.4) is 0 Å². The Balaban J connectivity index is 1.57. The van der Waals surface area contributed by atoms with Crippen LogP contribution in [-0.4, -0.2) is 10.9 Å². The predicted molar refractivity (Wildman–Crippen MR) is 97.1 cm³/mol. The minimum absolute atomic E-state index is 0.326. The molecule has 0 saturated heterocycles. The van der Waals surface area contributed by atoms with E-state index < -0.39 is 0 Å². The third-order valence-electron chi connectivity index (χ3n) is 3.73. The Kier molecular flexibility index (Phi) is 5.04. The highest BCUT2D eigenvalue weighted by atomic mass is 19.1. The van der Waals surface area contributed by atoms with E-state index in [0.29, 0.717) is 17.9 Å². The first-order chi connectivity index (χ1) is 12.1. The fourth-order valence-corrected chi connectivity index (χ4v) is 2.27. The summed E-state index contributed by atoms with van der Waals surface area (Å²) in [5.41, 5.74) is 3.65. The molecule has 0 atom stereocenters. The van der Waals surface area contributed by atoms with Crippen molar-refractivity contribution in [2.45, 2.75) is 13.5 Å². The van der Waals surface area contributed by atoms with Crippen LogP contribution in [0, 0.1) is 12.7 Å². The molecule has 0 radical (unpaired) electrons. The lowest BCUT2D eigenvalue weighted by molar-refractivity contribution is 0.102. The zero-order chi connectivity index (χ0) is 17.6. The Morgan fingerprint density at radius 3 is 2.36 bits per heavy atom. The SMILES string of the molecule is Cc1ccc(CNc2ccc(NC(=O)c3ccc(F)cc3)nc2)cc1. The van der Waals surface area contributed by atoms with Gasteiger partial charge >= 0.3 is 0 Å². The number of aromatic nitrogens is 1. The van der Waals surface area contributed by atoms with Crippen LogP contribution >= 0.6 is 0 Å². The first-order valence-electron chi connectivity index (χ1n) is 7.92. The topological polar surface area (TPSA) is 54.0 Å². The molecule has 0 bridgehead atoms. The average Bonchev–Trinajstić information content (AvgIpc) is 2.63. The lowest BCUT2D eigenvalue weighted by Crippen LogP contribution is -2.13. The normalized spacial score (nSPS) is 10.3. The Morgan fingerprint density at radius 2 is 1.72 bits per heavy atom. The maximum Gasteiger partial charge on any atom is 0.256 e. The number of aryl methyl sites for hydroxylation is 1. The van der Waals surface area contributed by atoms with Crippen LogP contribution in [0.1, 0.15) is 21.5 Å². The summed E-state index contributed by atoms with van der Waals surface area (Å²) in [6.45, 7) is 2.75. The average molecular weight is 335 g/mol. The van der Waals surface area contributed by atoms with Gasteiger partial charge in [0.1, 0.15) is 11.6 Å². The zero-order valence-corrected chi connectivity index (χ0v) is 13.8. The third kappa shape index (κ3) is 4.64. The van der Waals surface area contributed by atoms with E-state index in [1.54, 1.807) is 12.3 Å². The number of nitrogens with one attached hydrogen (secondary N) is 2. The Bertz CT molecular complexity index is 844. The molecule has 0 aliphatic rings. The summed E-state index contributed by atoms with van der Waals surface area (Å²) in [4.78, 5) is 16.3. The Labute approximate surface area is 145 Å². The molecule has 3 aromatic rings. The first kappa shape index (κ1) is 16.6. The molecule has 4 nitrogen and oxygen atoms in total. The van der Waals surface area contributed by atoms with Crippen molar-refractivity contribution in [1.82, 2.24) is 4.98 Å². The van der Waals surface area contributed by atoms with Gasteiger partial charge in [-0.05, 0) is 48.9 Å². The molecule has 2 aromatic carbocycles. The van der Waals surface area contributed by atoms with Gasteiger partial charge in [0, 0.05) is 12.1 Å². The van der Waals surface area contributed by atoms with Gasteiger partial charge in [-0.1, -0.05) is 29.8 Å². The molecule has 25 heavy (non-hydrogen) atoms. The van der Waals surface area contributed by atoms with E-state index in [0.717, 1.165) is 5.69 Å². The summed E-state index contributed by atoms with van der Waals surface area (Å²) >= 11 is 0. The second kappa shape index (κ2) is 7.57. The predicted octanol–water partition coefficient (Wildman–Crippen LogP) is 4.39. The van der Waals surface area contributed by atoms with Crippen LogP contribution < -0.4 is 10.6 Å². The monoisotopic (exact) mass is 335 g/mol. The number of hydrogen-bond donors (Lipinski definition) is 2. The third-order valence-corrected chi connectivity index (χ3v) is 3.73. The molecule has 0 unspecified atom stereocenters. The molecule has 5 heteroatoms. The van der Waals surface area contributed by atoms with Crippen LogP contribution in [0.25, 0.3) is 0 Å². The quantitative estimate of drug-likeness (QED) is 0.727. The van der Waals surface area contributed by atoms with Crippen molar-refractivity contribution in [3.8, 4) is 0 Å². The van der Waals surface area contributed by atoms with E-state index in [1.165, 1.54) is 35.4 Å². The molecule has 3 rings (SSSR count). The van der Waals surface area contributed by atoms with Gasteiger partial charge in [0.15, 0.2) is 0 Å². The van der Waals surface area contributed by atoms with Crippen LogP contribution in [0.4, 0.5) is 15.9 Å². The second-order valence-corrected chi connectivity index (χ2v) is 5.73. The van der Waals surface area contributed by atoms with E-state index in [4.69, 9.17) is 0 Å². The highest BCUT2D eigenvalue weighted by molar-refractivity contribution is 6.03. The lowest BCUT2D eigenvalue weighted by Gasteiger charge is -2.08. The van der Waals surface area contributed by atoms with Crippen molar-refractivity contribution >= 4 is 17.4 Å². The number of halogens is 1. The minimum Gasteiger partial charge on any atom is -0.380 e. The van der Waals surface area contributed by atoms with Crippen molar-refractivity contribution in [2.24, 2.45) is 0 Å². The molecule has 0 fully saturated rings. The summed E-state index contributed by atoms with van der Waals surface area (Å²) in [5.74, 6) is -0.262. The standard InChI is InChI=1S/C20H18FN3O/c1-14-2-4-15(5-3-14)12-22-18-10-11-19(23-13-18)24-20(25)16-6-8-17(21)9-7-16/h2-11,13,22H,12H2,1H3,(H,23,24,25). The van der Waals surface area contributed by atoms with Gasteiger partial charge in [-0.2, -0.15) is 0 Å². The number of benzene rings is 2. The maximum atomic E-state index is 12.9. The molecular weight excluding hydrogens is 317 g/mol. The van der Waals surface area contributed by atoms with E-state index in [-0.39, 0.29) is 11.7 Å². The number of carbonyl (C=O) groups is 1. The Morgan fingerprint density at radius 1 is 1.00 bits per heavy atom. The Hall–Kier alpha value is -3.21. The van der Waals surface area contributed by atoms with Gasteiger partial charge in [-0.15, -0.1) is 0 Å². The van der Waals surface area contributed by atoms with Crippen LogP contribution in [-0.2, 0) is 6.54 Å². The van der Waals surface area contributed by atoms with Gasteiger partial charge in [0.05, 0.1) is 11.9 Å². The summed E-state index contributed by atoms with van der Waals surface area (Å²) in [5, 5.41) is 5.97. The van der Waals surface area contributed by atoms with Crippen molar-refractivity contribution in [3.05, 3.63) is 89.4 Å². The van der Waals surface area contributed by atoms with Crippen LogP contribution in [0.15, 0.2) is 66.9 Å². The summed E-state index contributed by atoms with van der Waals surface area (Å²) in [6, 6.07) is 17.2. The maximum absolute atomic E-state index is 12.9. The van der Waals surface area contributed by atoms with Crippen molar-refractivity contribution in [3.63, 3.8) is 0 Å². The van der Waals surface area contributed by atoms with Gasteiger partial charge in [-0.3, -0.25) is 4.79 Å². The molecule has 2 N–H and O–H groups in total. The first-order valence-corrected chi connectivity index (χ1v) is 7.92. The summed E-state index contributed by atoms with van der Waals surface area (Å²) < 4.78 is 12.9. The molecule has 1 aromatic heterocycles. The fourth-order valence-electron chi connectivity index (χ4n) is 2.27. The highest BCUT2D eigenvalue weighted by Gasteiger charge is 2.06. The van der Waals surface area contributed by atoms with Gasteiger partial charge in [-0.25, -0.2) is 9.37 Å². The van der Waals surface area contributed by atoms with Gasteiger partial charge < -0.3 is 10.6 Å². The van der Waals surface area contributed by atoms with E-state index in [1.807, 2.05) is 6.07 Å². The summed E-state index contributed by atoms with van der Waals surface area (Å²) in [6.07, 6.45) is 1.66. The van der Waals surface area contributed by atoms with Gasteiger partial charge in [0.2, 0.25) is 0 Å². The molecule has 0 aliphatic carbocycles. The molecule has 0 spiro atoms. The minimum atomic E-state index is -0.376. The number of rotatable bonds is 5. The molecule has 0 saturated carbocycles. The molecular formula is C20H18FN3O. The zero-order valence-electron chi connectivity index (χ0n) is 13.8. The number of anilines is 2. The van der Waals surface area contributed by atoms with Crippen molar-refractivity contribution in [2.75, 3.05) is 10.6 Å². The molecule has 1 amide bonds. The van der Waals surface area contributed by atoms with Crippen molar-refractivity contribution < 1.29 is 9.18 Å². The van der Waals surface area contributed by atoms with Gasteiger partial charge in [0.25, 0.3) is 5.91 Å². The fraction of sp³-hybridized carbons (Fsp3) is 0.100. The smallest absolute Gasteiger partial charge is 0.256 e. The van der Waals surface area contributed by atoms with Crippen LogP contribution in [0.2, 0.25) is 0 Å². The second-order valence-electron chi connectivity index (χ2n) is 5.73. The van der Waals surface area contributed by atoms with Crippen LogP contribution in [0.5, 0.6) is 0 Å². The van der Waals surface area contributed by atoms with E-state index in [9.17, 15) is 9.18 Å². The number of nitrogens with zero attached hydrogens (tertiary/aromatic N) is 1. The lowest BCUT2D eigenvalue weighted by atomic mass is 10.1. The number of amides is 1. The number of hydrogen-bond acceptors (Lipinski definition) is 3. The molecule has 0 aliphatic heterocycles. The van der Waals surface area contributed by atoms with Crippen molar-refractivity contribution in [1.29, 1.82) is 0 Å². The molecule has 1 heterocycles. The molecule has 126 valence electrons. The van der Waals surface area contributed by atoms with E-state index in [2.05, 4.69) is 46.8 Å². The highest BCUT2D eigenvalue weighted by Crippen LogP contribution is 2.13. The number of carbonyl (C=O) groups excluding carboxylic acids is 1.